The molecular weight excluding hydrogens is 382 g/mol. The van der Waals surface area contributed by atoms with Crippen LogP contribution in [0.25, 0.3) is 16.6 Å². The summed E-state index contributed by atoms with van der Waals surface area (Å²) in [5.41, 5.74) is 3.01. The Morgan fingerprint density at radius 3 is 2.79 bits per heavy atom. The maximum absolute atomic E-state index is 12.1. The number of amides is 1. The molecule has 0 bridgehead atoms. The summed E-state index contributed by atoms with van der Waals surface area (Å²) in [5, 5.41) is 9.69. The second-order valence-electron chi connectivity index (χ2n) is 6.99. The summed E-state index contributed by atoms with van der Waals surface area (Å²) in [6, 6.07) is 14.3. The van der Waals surface area contributed by atoms with Crippen molar-refractivity contribution in [2.75, 3.05) is 13.2 Å². The lowest BCUT2D eigenvalue weighted by Gasteiger charge is -2.07. The van der Waals surface area contributed by atoms with Crippen molar-refractivity contribution in [1.29, 1.82) is 0 Å². The minimum Gasteiger partial charge on any atom is -0.379 e. The molecule has 0 fully saturated rings. The van der Waals surface area contributed by atoms with Crippen LogP contribution in [-0.2, 0) is 16.1 Å². The molecule has 1 amide bonds. The number of ether oxygens (including phenoxy) is 1. The molecule has 0 unspecified atom stereocenters. The van der Waals surface area contributed by atoms with Crippen LogP contribution < -0.4 is 5.32 Å². The van der Waals surface area contributed by atoms with Crippen molar-refractivity contribution >= 4 is 23.3 Å². The molecule has 1 N–H and O–H groups in total. The second-order valence-corrected chi connectivity index (χ2v) is 7.94. The van der Waals surface area contributed by atoms with Crippen LogP contribution in [-0.4, -0.2) is 34.9 Å². The first-order valence-electron chi connectivity index (χ1n) is 9.84. The molecule has 3 rings (SSSR count). The number of thiophene rings is 1. The predicted molar refractivity (Wildman–Crippen MR) is 119 cm³/mol. The summed E-state index contributed by atoms with van der Waals surface area (Å²) in [5.74, 6) is -0.109. The smallest absolute Gasteiger partial charge is 0.244 e. The molecule has 0 aliphatic heterocycles. The Hall–Kier alpha value is -2.70. The van der Waals surface area contributed by atoms with Crippen LogP contribution >= 0.6 is 11.3 Å². The van der Waals surface area contributed by atoms with Gasteiger partial charge in [-0.05, 0) is 43.4 Å². The normalized spacial score (nSPS) is 11.4. The van der Waals surface area contributed by atoms with E-state index in [0.717, 1.165) is 22.6 Å². The molecule has 1 aromatic carbocycles. The summed E-state index contributed by atoms with van der Waals surface area (Å²) in [4.78, 5) is 13.2. The van der Waals surface area contributed by atoms with Crippen molar-refractivity contribution in [3.8, 4) is 10.6 Å². The Kier molecular flexibility index (Phi) is 7.78. The van der Waals surface area contributed by atoms with Gasteiger partial charge in [0.15, 0.2) is 0 Å². The lowest BCUT2D eigenvalue weighted by molar-refractivity contribution is -0.116. The van der Waals surface area contributed by atoms with Crippen molar-refractivity contribution in [3.63, 3.8) is 0 Å². The molecule has 0 spiro atoms. The number of carbonyl (C=O) groups excluding carboxylic acids is 1. The number of benzene rings is 1. The highest BCUT2D eigenvalue weighted by molar-refractivity contribution is 7.13. The van der Waals surface area contributed by atoms with Gasteiger partial charge in [0.1, 0.15) is 5.69 Å². The van der Waals surface area contributed by atoms with Crippen molar-refractivity contribution < 1.29 is 9.53 Å². The van der Waals surface area contributed by atoms with Gasteiger partial charge in [-0.25, -0.2) is 0 Å². The second kappa shape index (κ2) is 10.7. The average Bonchev–Trinajstić information content (AvgIpc) is 3.36. The third kappa shape index (κ3) is 6.69. The largest absolute Gasteiger partial charge is 0.379 e. The number of hydrogen-bond acceptors (Lipinski definition) is 4. The fourth-order valence-electron chi connectivity index (χ4n) is 2.84. The van der Waals surface area contributed by atoms with Gasteiger partial charge in [0.25, 0.3) is 0 Å². The third-order valence-electron chi connectivity index (χ3n) is 4.22. The van der Waals surface area contributed by atoms with E-state index in [4.69, 9.17) is 9.84 Å². The summed E-state index contributed by atoms with van der Waals surface area (Å²) in [6.45, 7) is 5.95. The highest BCUT2D eigenvalue weighted by Crippen LogP contribution is 2.27. The molecule has 0 atom stereocenters. The molecule has 152 valence electrons. The average molecular weight is 410 g/mol. The lowest BCUT2D eigenvalue weighted by Crippen LogP contribution is -2.23. The van der Waals surface area contributed by atoms with E-state index < -0.39 is 0 Å². The van der Waals surface area contributed by atoms with Gasteiger partial charge < -0.3 is 10.1 Å². The number of aromatic nitrogens is 2. The Bertz CT molecular complexity index is 915. The molecule has 3 aromatic rings. The van der Waals surface area contributed by atoms with Crippen LogP contribution in [0.15, 0.2) is 60.1 Å². The van der Waals surface area contributed by atoms with Crippen LogP contribution in [0.2, 0.25) is 0 Å². The zero-order chi connectivity index (χ0) is 20.5. The third-order valence-corrected chi connectivity index (χ3v) is 5.09. The van der Waals surface area contributed by atoms with Gasteiger partial charge in [-0.15, -0.1) is 11.3 Å². The number of nitrogens with zero attached hydrogens (tertiary/aromatic N) is 2. The quantitative estimate of drug-likeness (QED) is 0.393. The predicted octanol–water partition coefficient (Wildman–Crippen LogP) is 4.60. The number of carbonyl (C=O) groups is 1. The lowest BCUT2D eigenvalue weighted by atomic mass is 10.2. The Balaban J connectivity index is 1.65. The van der Waals surface area contributed by atoms with Gasteiger partial charge >= 0.3 is 0 Å². The number of rotatable bonds is 10. The molecule has 29 heavy (non-hydrogen) atoms. The number of nitrogens with one attached hydrogen (secondary N) is 1. The van der Waals surface area contributed by atoms with E-state index in [0.29, 0.717) is 19.7 Å². The van der Waals surface area contributed by atoms with E-state index >= 15 is 0 Å². The SMILES string of the molecule is CC(C)OCCCNC(=O)/C=C/c1cn(Cc2ccccc2)nc1-c1cccs1. The first-order valence-corrected chi connectivity index (χ1v) is 10.7. The van der Waals surface area contributed by atoms with E-state index in [2.05, 4.69) is 17.4 Å². The van der Waals surface area contributed by atoms with Crippen LogP contribution in [0.5, 0.6) is 0 Å². The van der Waals surface area contributed by atoms with Gasteiger partial charge in [0.05, 0.1) is 17.5 Å². The molecule has 2 aromatic heterocycles. The van der Waals surface area contributed by atoms with Gasteiger partial charge in [-0.2, -0.15) is 5.10 Å². The van der Waals surface area contributed by atoms with Crippen LogP contribution in [0, 0.1) is 0 Å². The zero-order valence-corrected chi connectivity index (χ0v) is 17.7. The minimum absolute atomic E-state index is 0.109. The van der Waals surface area contributed by atoms with Gasteiger partial charge in [-0.1, -0.05) is 36.4 Å². The standard InChI is InChI=1S/C23H27N3O2S/c1-18(2)28-14-7-13-24-22(27)12-11-20-17-26(16-19-8-4-3-5-9-19)25-23(20)21-10-6-15-29-21/h3-6,8-12,15,17-18H,7,13-14,16H2,1-2H3,(H,24,27)/b12-11+. The van der Waals surface area contributed by atoms with E-state index in [9.17, 15) is 4.79 Å². The van der Waals surface area contributed by atoms with Crippen molar-refractivity contribution in [2.24, 2.45) is 0 Å². The van der Waals surface area contributed by atoms with Crippen molar-refractivity contribution in [1.82, 2.24) is 15.1 Å². The van der Waals surface area contributed by atoms with Crippen LogP contribution in [0.1, 0.15) is 31.4 Å². The molecule has 2 heterocycles. The van der Waals surface area contributed by atoms with Gasteiger partial charge in [0.2, 0.25) is 5.91 Å². The number of hydrogen-bond donors (Lipinski definition) is 1. The molecule has 5 nitrogen and oxygen atoms in total. The molecule has 0 aliphatic carbocycles. The fraction of sp³-hybridized carbons (Fsp3) is 0.304. The van der Waals surface area contributed by atoms with E-state index in [-0.39, 0.29) is 12.0 Å². The summed E-state index contributed by atoms with van der Waals surface area (Å²) >= 11 is 1.64. The summed E-state index contributed by atoms with van der Waals surface area (Å²) < 4.78 is 7.40. The van der Waals surface area contributed by atoms with Gasteiger partial charge in [-0.3, -0.25) is 9.48 Å². The van der Waals surface area contributed by atoms with Gasteiger partial charge in [0, 0.05) is 31.0 Å². The summed E-state index contributed by atoms with van der Waals surface area (Å²) in [7, 11) is 0. The first kappa shape index (κ1) is 21.0. The maximum atomic E-state index is 12.1. The molecular formula is C23H27N3O2S. The highest BCUT2D eigenvalue weighted by atomic mass is 32.1. The Morgan fingerprint density at radius 2 is 2.07 bits per heavy atom. The molecule has 0 saturated heterocycles. The Labute approximate surface area is 176 Å². The van der Waals surface area contributed by atoms with Crippen LogP contribution in [0.3, 0.4) is 0 Å². The van der Waals surface area contributed by atoms with Crippen molar-refractivity contribution in [2.45, 2.75) is 32.9 Å². The molecule has 0 saturated carbocycles. The highest BCUT2D eigenvalue weighted by Gasteiger charge is 2.11. The molecule has 0 aliphatic rings. The van der Waals surface area contributed by atoms with E-state index in [1.54, 1.807) is 17.4 Å². The topological polar surface area (TPSA) is 56.1 Å². The first-order chi connectivity index (χ1) is 14.1. The monoisotopic (exact) mass is 409 g/mol. The van der Waals surface area contributed by atoms with Crippen LogP contribution in [0.4, 0.5) is 0 Å². The molecule has 6 heteroatoms. The summed E-state index contributed by atoms with van der Waals surface area (Å²) in [6.07, 6.45) is 6.41. The molecule has 0 radical (unpaired) electrons. The zero-order valence-electron chi connectivity index (χ0n) is 16.9. The van der Waals surface area contributed by atoms with Crippen molar-refractivity contribution in [3.05, 3.63) is 71.2 Å². The minimum atomic E-state index is -0.109. The van der Waals surface area contributed by atoms with E-state index in [1.165, 1.54) is 5.56 Å². The Morgan fingerprint density at radius 1 is 1.24 bits per heavy atom. The fourth-order valence-corrected chi connectivity index (χ4v) is 3.57. The maximum Gasteiger partial charge on any atom is 0.244 e. The van der Waals surface area contributed by atoms with E-state index in [1.807, 2.05) is 66.5 Å².